The molecule has 0 spiro atoms. The molecule has 0 aliphatic carbocycles. The van der Waals surface area contributed by atoms with Crippen LogP contribution < -0.4 is 10.9 Å². The van der Waals surface area contributed by atoms with Gasteiger partial charge in [-0.3, -0.25) is 9.59 Å². The third-order valence-corrected chi connectivity index (χ3v) is 3.56. The lowest BCUT2D eigenvalue weighted by atomic mass is 10.1. The molecule has 2 aromatic carbocycles. The van der Waals surface area contributed by atoms with Crippen LogP contribution in [0.4, 0.5) is 0 Å². The molecular weight excluding hydrogens is 290 g/mol. The Morgan fingerprint density at radius 3 is 2.39 bits per heavy atom. The summed E-state index contributed by atoms with van der Waals surface area (Å²) in [7, 11) is 0. The molecule has 0 aliphatic rings. The van der Waals surface area contributed by atoms with Gasteiger partial charge in [-0.1, -0.05) is 43.3 Å². The second-order valence-corrected chi connectivity index (χ2v) is 5.20. The van der Waals surface area contributed by atoms with Gasteiger partial charge < -0.3 is 5.32 Å². The van der Waals surface area contributed by atoms with Crippen LogP contribution in [0, 0.1) is 0 Å². The highest BCUT2D eigenvalue weighted by atomic mass is 16.2. The van der Waals surface area contributed by atoms with E-state index in [0.29, 0.717) is 23.0 Å². The fourth-order valence-electron chi connectivity index (χ4n) is 2.42. The van der Waals surface area contributed by atoms with Crippen LogP contribution in [0.2, 0.25) is 0 Å². The fraction of sp³-hybridized carbons (Fsp3) is 0.167. The summed E-state index contributed by atoms with van der Waals surface area (Å²) in [5, 5.41) is 8.19. The van der Waals surface area contributed by atoms with Crippen molar-refractivity contribution in [2.75, 3.05) is 6.54 Å². The maximum Gasteiger partial charge on any atom is 0.279 e. The molecule has 1 amide bonds. The first-order valence-electron chi connectivity index (χ1n) is 7.58. The summed E-state index contributed by atoms with van der Waals surface area (Å²) in [6.07, 6.45) is 0.835. The molecular formula is C18H17N3O2. The van der Waals surface area contributed by atoms with Gasteiger partial charge in [0.05, 0.1) is 11.1 Å². The van der Waals surface area contributed by atoms with E-state index in [9.17, 15) is 9.59 Å². The third-order valence-electron chi connectivity index (χ3n) is 3.56. The van der Waals surface area contributed by atoms with Gasteiger partial charge in [-0.2, -0.15) is 9.78 Å². The standard InChI is InChI=1S/C18H17N3O2/c1-2-12-19-17(22)16-14-10-6-7-11-15(14)18(23)21(20-16)13-8-4-3-5-9-13/h3-11H,2,12H2,1H3,(H,19,22). The van der Waals surface area contributed by atoms with Crippen molar-refractivity contribution in [3.05, 3.63) is 70.6 Å². The Bertz CT molecular complexity index is 901. The number of nitrogens with one attached hydrogen (secondary N) is 1. The zero-order valence-corrected chi connectivity index (χ0v) is 12.8. The summed E-state index contributed by atoms with van der Waals surface area (Å²) in [6, 6.07) is 16.2. The van der Waals surface area contributed by atoms with E-state index in [0.717, 1.165) is 6.42 Å². The Balaban J connectivity index is 2.25. The number of nitrogens with zero attached hydrogens (tertiary/aromatic N) is 2. The number of carbonyl (C=O) groups is 1. The van der Waals surface area contributed by atoms with Gasteiger partial charge in [0, 0.05) is 11.9 Å². The largest absolute Gasteiger partial charge is 0.351 e. The molecule has 0 saturated heterocycles. The summed E-state index contributed by atoms with van der Waals surface area (Å²) < 4.78 is 1.28. The van der Waals surface area contributed by atoms with Crippen molar-refractivity contribution < 1.29 is 4.79 Å². The first-order valence-corrected chi connectivity index (χ1v) is 7.58. The molecule has 0 saturated carbocycles. The number of carbonyl (C=O) groups excluding carboxylic acids is 1. The van der Waals surface area contributed by atoms with Crippen LogP contribution in [0.3, 0.4) is 0 Å². The maximum atomic E-state index is 12.7. The smallest absolute Gasteiger partial charge is 0.279 e. The van der Waals surface area contributed by atoms with Gasteiger partial charge in [0.1, 0.15) is 0 Å². The van der Waals surface area contributed by atoms with Crippen molar-refractivity contribution >= 4 is 16.7 Å². The average Bonchev–Trinajstić information content (AvgIpc) is 2.61. The van der Waals surface area contributed by atoms with Crippen molar-refractivity contribution in [3.8, 4) is 5.69 Å². The molecule has 116 valence electrons. The number of fused-ring (bicyclic) bond motifs is 1. The highest BCUT2D eigenvalue weighted by molar-refractivity contribution is 6.04. The summed E-state index contributed by atoms with van der Waals surface area (Å²) >= 11 is 0. The van der Waals surface area contributed by atoms with Gasteiger partial charge in [0.25, 0.3) is 11.5 Å². The van der Waals surface area contributed by atoms with Crippen molar-refractivity contribution in [2.24, 2.45) is 0 Å². The second kappa shape index (κ2) is 6.44. The molecule has 1 aromatic heterocycles. The van der Waals surface area contributed by atoms with E-state index in [2.05, 4.69) is 10.4 Å². The molecule has 0 unspecified atom stereocenters. The van der Waals surface area contributed by atoms with Crippen molar-refractivity contribution in [1.29, 1.82) is 0 Å². The van der Waals surface area contributed by atoms with Crippen molar-refractivity contribution in [3.63, 3.8) is 0 Å². The minimum absolute atomic E-state index is 0.237. The molecule has 0 bridgehead atoms. The molecule has 23 heavy (non-hydrogen) atoms. The summed E-state index contributed by atoms with van der Waals surface area (Å²) in [5.74, 6) is -0.271. The second-order valence-electron chi connectivity index (χ2n) is 5.20. The molecule has 0 atom stereocenters. The molecule has 1 heterocycles. The number of benzene rings is 2. The molecule has 0 fully saturated rings. The molecule has 5 heteroatoms. The first kappa shape index (κ1) is 15.0. The fourth-order valence-corrected chi connectivity index (χ4v) is 2.42. The van der Waals surface area contributed by atoms with E-state index in [1.54, 1.807) is 36.4 Å². The monoisotopic (exact) mass is 307 g/mol. The molecule has 0 aliphatic heterocycles. The summed E-state index contributed by atoms with van der Waals surface area (Å²) in [4.78, 5) is 25.1. The zero-order chi connectivity index (χ0) is 16.2. The number of para-hydroxylation sites is 1. The van der Waals surface area contributed by atoms with Crippen LogP contribution in [0.5, 0.6) is 0 Å². The van der Waals surface area contributed by atoms with E-state index in [4.69, 9.17) is 0 Å². The lowest BCUT2D eigenvalue weighted by Gasteiger charge is -2.11. The van der Waals surface area contributed by atoms with Gasteiger partial charge in [0.15, 0.2) is 5.69 Å². The first-order chi connectivity index (χ1) is 11.2. The van der Waals surface area contributed by atoms with Gasteiger partial charge in [-0.05, 0) is 24.6 Å². The third kappa shape index (κ3) is 2.85. The molecule has 3 rings (SSSR count). The van der Waals surface area contributed by atoms with Crippen molar-refractivity contribution in [1.82, 2.24) is 15.1 Å². The van der Waals surface area contributed by atoms with Crippen molar-refractivity contribution in [2.45, 2.75) is 13.3 Å². The predicted molar refractivity (Wildman–Crippen MR) is 90.0 cm³/mol. The number of aromatic nitrogens is 2. The van der Waals surface area contributed by atoms with Gasteiger partial charge in [-0.25, -0.2) is 0 Å². The summed E-state index contributed by atoms with van der Waals surface area (Å²) in [5.41, 5.74) is 0.657. The Hall–Kier alpha value is -2.95. The van der Waals surface area contributed by atoms with E-state index < -0.39 is 0 Å². The maximum absolute atomic E-state index is 12.7. The Kier molecular flexibility index (Phi) is 4.19. The quantitative estimate of drug-likeness (QED) is 0.805. The average molecular weight is 307 g/mol. The van der Waals surface area contributed by atoms with Gasteiger partial charge in [-0.15, -0.1) is 0 Å². The van der Waals surface area contributed by atoms with E-state index >= 15 is 0 Å². The molecule has 1 N–H and O–H groups in total. The van der Waals surface area contributed by atoms with Crippen LogP contribution in [-0.4, -0.2) is 22.2 Å². The zero-order valence-electron chi connectivity index (χ0n) is 12.8. The van der Waals surface area contributed by atoms with E-state index in [1.807, 2.05) is 25.1 Å². The highest BCUT2D eigenvalue weighted by Crippen LogP contribution is 2.15. The number of hydrogen-bond acceptors (Lipinski definition) is 3. The van der Waals surface area contributed by atoms with Crippen LogP contribution in [0.25, 0.3) is 16.5 Å². The Morgan fingerprint density at radius 2 is 1.70 bits per heavy atom. The SMILES string of the molecule is CCCNC(=O)c1nn(-c2ccccc2)c(=O)c2ccccc12. The predicted octanol–water partition coefficient (Wildman–Crippen LogP) is 2.53. The number of rotatable bonds is 4. The lowest BCUT2D eigenvalue weighted by Crippen LogP contribution is -2.30. The molecule has 3 aromatic rings. The van der Waals surface area contributed by atoms with Crippen LogP contribution >= 0.6 is 0 Å². The van der Waals surface area contributed by atoms with Crippen LogP contribution in [-0.2, 0) is 0 Å². The number of hydrogen-bond donors (Lipinski definition) is 1. The van der Waals surface area contributed by atoms with E-state index in [1.165, 1.54) is 4.68 Å². The molecule has 0 radical (unpaired) electrons. The minimum Gasteiger partial charge on any atom is -0.351 e. The van der Waals surface area contributed by atoms with Gasteiger partial charge in [0.2, 0.25) is 0 Å². The Labute approximate surface area is 133 Å². The Morgan fingerprint density at radius 1 is 1.04 bits per heavy atom. The van der Waals surface area contributed by atoms with Crippen LogP contribution in [0.1, 0.15) is 23.8 Å². The summed E-state index contributed by atoms with van der Waals surface area (Å²) in [6.45, 7) is 2.55. The lowest BCUT2D eigenvalue weighted by molar-refractivity contribution is 0.0949. The van der Waals surface area contributed by atoms with Crippen LogP contribution in [0.15, 0.2) is 59.4 Å². The topological polar surface area (TPSA) is 64.0 Å². The molecule has 5 nitrogen and oxygen atoms in total. The van der Waals surface area contributed by atoms with E-state index in [-0.39, 0.29) is 17.2 Å². The highest BCUT2D eigenvalue weighted by Gasteiger charge is 2.16. The van der Waals surface area contributed by atoms with Gasteiger partial charge >= 0.3 is 0 Å². The normalized spacial score (nSPS) is 10.7. The number of amides is 1. The minimum atomic E-state index is -0.271.